The van der Waals surface area contributed by atoms with Gasteiger partial charge in [-0.05, 0) is 19.3 Å². The van der Waals surface area contributed by atoms with E-state index in [2.05, 4.69) is 31.3 Å². The average Bonchev–Trinajstić information content (AvgIpc) is 2.77. The second-order valence-corrected chi connectivity index (χ2v) is 3.82. The van der Waals surface area contributed by atoms with Crippen LogP contribution in [0.1, 0.15) is 19.3 Å². The van der Waals surface area contributed by atoms with Crippen molar-refractivity contribution in [2.75, 3.05) is 18.0 Å². The van der Waals surface area contributed by atoms with Gasteiger partial charge in [0.1, 0.15) is 6.20 Å². The van der Waals surface area contributed by atoms with Crippen LogP contribution in [-0.4, -0.2) is 33.3 Å². The van der Waals surface area contributed by atoms with Crippen LogP contribution < -0.4 is 4.90 Å². The first kappa shape index (κ1) is 8.64. The third-order valence-electron chi connectivity index (χ3n) is 2.75. The van der Waals surface area contributed by atoms with Gasteiger partial charge in [-0.1, -0.05) is 0 Å². The number of hydrogen-bond acceptors (Lipinski definition) is 4. The number of aromatic nitrogens is 4. The van der Waals surface area contributed by atoms with Crippen LogP contribution in [0.15, 0.2) is 6.20 Å². The van der Waals surface area contributed by atoms with Crippen molar-refractivity contribution in [2.45, 2.75) is 19.3 Å². The molecule has 0 amide bonds. The Labute approximate surface area is 87.5 Å². The third-order valence-corrected chi connectivity index (χ3v) is 2.75. The first-order chi connectivity index (χ1) is 7.43. The number of nitrogens with zero attached hydrogens (tertiary/aromatic N) is 4. The molecule has 1 N–H and O–H groups in total. The second-order valence-electron chi connectivity index (χ2n) is 3.82. The fourth-order valence-electron chi connectivity index (χ4n) is 1.93. The highest BCUT2D eigenvalue weighted by molar-refractivity contribution is 5.72. The van der Waals surface area contributed by atoms with E-state index in [-0.39, 0.29) is 0 Å². The van der Waals surface area contributed by atoms with Crippen molar-refractivity contribution in [2.24, 2.45) is 0 Å². The molecule has 3 heterocycles. The Morgan fingerprint density at radius 3 is 3.00 bits per heavy atom. The van der Waals surface area contributed by atoms with Crippen molar-refractivity contribution in [1.82, 2.24) is 20.2 Å². The number of nitrogens with one attached hydrogen (secondary N) is 1. The van der Waals surface area contributed by atoms with E-state index >= 15 is 0 Å². The zero-order valence-corrected chi connectivity index (χ0v) is 8.40. The first-order valence-corrected chi connectivity index (χ1v) is 5.27. The largest absolute Gasteiger partial charge is 0.341 e. The molecule has 1 saturated heterocycles. The summed E-state index contributed by atoms with van der Waals surface area (Å²) < 4.78 is 0. The maximum Gasteiger partial charge on any atom is 0.227 e. The predicted molar refractivity (Wildman–Crippen MR) is 56.6 cm³/mol. The lowest BCUT2D eigenvalue weighted by atomic mass is 10.1. The molecule has 77 valence electrons. The van der Waals surface area contributed by atoms with Crippen LogP contribution in [0.2, 0.25) is 0 Å². The zero-order chi connectivity index (χ0) is 10.1. The molecule has 1 fully saturated rings. The van der Waals surface area contributed by atoms with E-state index in [4.69, 9.17) is 0 Å². The number of piperidine rings is 1. The van der Waals surface area contributed by atoms with Gasteiger partial charge in [0, 0.05) is 19.3 Å². The van der Waals surface area contributed by atoms with Gasteiger partial charge >= 0.3 is 0 Å². The highest BCUT2D eigenvalue weighted by Gasteiger charge is 2.13. The molecule has 0 bridgehead atoms. The van der Waals surface area contributed by atoms with Gasteiger partial charge in [-0.2, -0.15) is 10.1 Å². The van der Waals surface area contributed by atoms with Gasteiger partial charge in [0.25, 0.3) is 0 Å². The maximum atomic E-state index is 4.42. The van der Waals surface area contributed by atoms with Crippen LogP contribution in [0.25, 0.3) is 11.0 Å². The molecule has 0 spiro atoms. The molecule has 0 aliphatic carbocycles. The topological polar surface area (TPSA) is 57.7 Å². The molecule has 3 rings (SSSR count). The normalized spacial score (nSPS) is 17.2. The van der Waals surface area contributed by atoms with E-state index in [0.717, 1.165) is 30.1 Å². The molecule has 5 nitrogen and oxygen atoms in total. The SMILES string of the molecule is [c]1n[nH]c2nc(N3CCCCC3)ncc12. The van der Waals surface area contributed by atoms with E-state index in [1.165, 1.54) is 19.3 Å². The van der Waals surface area contributed by atoms with Crippen LogP contribution in [0.3, 0.4) is 0 Å². The summed E-state index contributed by atoms with van der Waals surface area (Å²) in [6.45, 7) is 2.12. The number of fused-ring (bicyclic) bond motifs is 1. The summed E-state index contributed by atoms with van der Waals surface area (Å²) in [6, 6.07) is 0. The predicted octanol–water partition coefficient (Wildman–Crippen LogP) is 1.14. The Bertz CT molecular complexity index is 458. The average molecular weight is 202 g/mol. The minimum atomic E-state index is 0.769. The monoisotopic (exact) mass is 202 g/mol. The summed E-state index contributed by atoms with van der Waals surface area (Å²) in [6.07, 6.45) is 8.36. The van der Waals surface area contributed by atoms with Crippen molar-refractivity contribution in [3.05, 3.63) is 12.4 Å². The van der Waals surface area contributed by atoms with Gasteiger partial charge in [0.2, 0.25) is 5.95 Å². The van der Waals surface area contributed by atoms with Crippen molar-refractivity contribution >= 4 is 17.0 Å². The van der Waals surface area contributed by atoms with Crippen LogP contribution >= 0.6 is 0 Å². The fraction of sp³-hybridized carbons (Fsp3) is 0.500. The zero-order valence-electron chi connectivity index (χ0n) is 8.40. The highest BCUT2D eigenvalue weighted by Crippen LogP contribution is 2.16. The third kappa shape index (κ3) is 1.54. The lowest BCUT2D eigenvalue weighted by Gasteiger charge is -2.26. The van der Waals surface area contributed by atoms with Crippen LogP contribution in [-0.2, 0) is 0 Å². The van der Waals surface area contributed by atoms with E-state index < -0.39 is 0 Å². The first-order valence-electron chi connectivity index (χ1n) is 5.27. The number of H-pyrrole nitrogens is 1. The molecular weight excluding hydrogens is 190 g/mol. The maximum absolute atomic E-state index is 4.42. The number of aromatic amines is 1. The van der Waals surface area contributed by atoms with Gasteiger partial charge < -0.3 is 4.90 Å². The molecule has 0 unspecified atom stereocenters. The Hall–Kier alpha value is -1.65. The summed E-state index contributed by atoms with van der Waals surface area (Å²) in [4.78, 5) is 11.0. The Morgan fingerprint density at radius 1 is 1.27 bits per heavy atom. The summed E-state index contributed by atoms with van der Waals surface area (Å²) in [5, 5.41) is 7.48. The van der Waals surface area contributed by atoms with Gasteiger partial charge in [0.15, 0.2) is 5.65 Å². The second kappa shape index (κ2) is 3.49. The summed E-state index contributed by atoms with van der Waals surface area (Å²) in [5.41, 5.74) is 0.769. The molecule has 1 aliphatic heterocycles. The number of hydrogen-bond donors (Lipinski definition) is 1. The fourth-order valence-corrected chi connectivity index (χ4v) is 1.93. The van der Waals surface area contributed by atoms with Gasteiger partial charge in [-0.3, -0.25) is 5.10 Å². The van der Waals surface area contributed by atoms with E-state index in [0.29, 0.717) is 0 Å². The van der Waals surface area contributed by atoms with Crippen molar-refractivity contribution in [3.63, 3.8) is 0 Å². The summed E-state index contributed by atoms with van der Waals surface area (Å²) >= 11 is 0. The minimum absolute atomic E-state index is 0.769. The van der Waals surface area contributed by atoms with Crippen LogP contribution in [0.5, 0.6) is 0 Å². The molecule has 15 heavy (non-hydrogen) atoms. The van der Waals surface area contributed by atoms with Crippen molar-refractivity contribution < 1.29 is 0 Å². The molecule has 5 heteroatoms. The molecule has 0 saturated carbocycles. The number of rotatable bonds is 1. The van der Waals surface area contributed by atoms with Gasteiger partial charge in [-0.15, -0.1) is 0 Å². The summed E-state index contributed by atoms with van der Waals surface area (Å²) in [7, 11) is 0. The van der Waals surface area contributed by atoms with Crippen molar-refractivity contribution in [3.8, 4) is 0 Å². The molecule has 0 atom stereocenters. The molecule has 0 aromatic carbocycles. The van der Waals surface area contributed by atoms with Gasteiger partial charge in [-0.25, -0.2) is 4.98 Å². The minimum Gasteiger partial charge on any atom is -0.341 e. The summed E-state index contributed by atoms with van der Waals surface area (Å²) in [5.74, 6) is 0.805. The molecule has 2 aromatic heterocycles. The Morgan fingerprint density at radius 2 is 2.13 bits per heavy atom. The Balaban J connectivity index is 1.95. The van der Waals surface area contributed by atoms with E-state index in [9.17, 15) is 0 Å². The highest BCUT2D eigenvalue weighted by atomic mass is 15.3. The quantitative estimate of drug-likeness (QED) is 0.753. The molecular formula is C10H12N5. The van der Waals surface area contributed by atoms with Crippen LogP contribution in [0.4, 0.5) is 5.95 Å². The molecule has 1 aliphatic rings. The smallest absolute Gasteiger partial charge is 0.227 e. The Kier molecular flexibility index (Phi) is 2.01. The lowest BCUT2D eigenvalue weighted by molar-refractivity contribution is 0.569. The van der Waals surface area contributed by atoms with Gasteiger partial charge in [0.05, 0.1) is 5.39 Å². The van der Waals surface area contributed by atoms with Crippen LogP contribution in [0, 0.1) is 6.20 Å². The van der Waals surface area contributed by atoms with E-state index in [1.54, 1.807) is 6.20 Å². The lowest BCUT2D eigenvalue weighted by Crippen LogP contribution is -2.30. The standard InChI is InChI=1S/C10H12N5/c1-2-4-15(5-3-1)10-11-6-8-7-12-14-9(8)13-10/h6H,1-5H2,(H,11,12,13,14). The number of anilines is 1. The molecule has 1 radical (unpaired) electrons. The van der Waals surface area contributed by atoms with Crippen molar-refractivity contribution in [1.29, 1.82) is 0 Å². The molecule has 2 aromatic rings. The van der Waals surface area contributed by atoms with E-state index in [1.807, 2.05) is 0 Å².